The minimum absolute atomic E-state index is 0.0596. The third kappa shape index (κ3) is 4.01. The third-order valence-corrected chi connectivity index (χ3v) is 3.38. The Labute approximate surface area is 137 Å². The van der Waals surface area contributed by atoms with Crippen LogP contribution in [0.2, 0.25) is 0 Å². The summed E-state index contributed by atoms with van der Waals surface area (Å²) in [4.78, 5) is 11.9. The van der Waals surface area contributed by atoms with Gasteiger partial charge in [0.25, 0.3) is 5.91 Å². The number of anilines is 1. The van der Waals surface area contributed by atoms with Crippen LogP contribution in [0.3, 0.4) is 0 Å². The van der Waals surface area contributed by atoms with Crippen molar-refractivity contribution in [3.8, 4) is 5.75 Å². The van der Waals surface area contributed by atoms with Crippen LogP contribution in [-0.4, -0.2) is 12.0 Å². The minimum Gasteiger partial charge on any atom is -0.475 e. The van der Waals surface area contributed by atoms with E-state index in [1.807, 2.05) is 0 Å². The largest absolute Gasteiger partial charge is 0.475 e. The lowest BCUT2D eigenvalue weighted by Crippen LogP contribution is -2.31. The number of carbonyl (C=O) groups excluding carboxylic acids is 1. The Morgan fingerprint density at radius 1 is 1.09 bits per heavy atom. The monoisotopic (exact) mass is 391 g/mol. The Hall–Kier alpha value is -2.09. The molecular weight excluding hydrogens is 382 g/mol. The summed E-state index contributed by atoms with van der Waals surface area (Å²) in [5.74, 6) is -8.64. The Kier molecular flexibility index (Phi) is 5.25. The molecule has 0 heterocycles. The van der Waals surface area contributed by atoms with Crippen LogP contribution < -0.4 is 10.1 Å². The number of halogens is 5. The van der Waals surface area contributed by atoms with Crippen molar-refractivity contribution >= 4 is 27.5 Å². The van der Waals surface area contributed by atoms with Crippen molar-refractivity contribution < 1.29 is 27.1 Å². The summed E-state index contributed by atoms with van der Waals surface area (Å²) in [6.45, 7) is 1.19. The molecule has 23 heavy (non-hydrogen) atoms. The molecule has 0 radical (unpaired) electrons. The van der Waals surface area contributed by atoms with Gasteiger partial charge in [-0.25, -0.2) is 8.78 Å². The van der Waals surface area contributed by atoms with Crippen molar-refractivity contribution in [2.75, 3.05) is 5.32 Å². The number of nitrogens with one attached hydrogen (secondary N) is 1. The maximum atomic E-state index is 13.5. The summed E-state index contributed by atoms with van der Waals surface area (Å²) in [6.07, 6.45) is -1.39. The molecule has 1 N–H and O–H groups in total. The van der Waals surface area contributed by atoms with Gasteiger partial charge in [-0.15, -0.1) is 0 Å². The highest BCUT2D eigenvalue weighted by molar-refractivity contribution is 9.10. The molecule has 0 fully saturated rings. The van der Waals surface area contributed by atoms with Gasteiger partial charge in [0.1, 0.15) is 0 Å². The normalized spacial score (nSPS) is 11.9. The summed E-state index contributed by atoms with van der Waals surface area (Å²) in [5, 5.41) is 2.44. The van der Waals surface area contributed by atoms with Crippen molar-refractivity contribution in [2.24, 2.45) is 0 Å². The molecule has 122 valence electrons. The van der Waals surface area contributed by atoms with Crippen molar-refractivity contribution in [3.05, 3.63) is 58.1 Å². The van der Waals surface area contributed by atoms with Gasteiger partial charge in [-0.05, 0) is 31.2 Å². The molecule has 0 aliphatic heterocycles. The van der Waals surface area contributed by atoms with Crippen LogP contribution in [0.4, 0.5) is 23.2 Å². The predicted molar refractivity (Wildman–Crippen MR) is 79.1 cm³/mol. The highest BCUT2D eigenvalue weighted by atomic mass is 79.9. The predicted octanol–water partition coefficient (Wildman–Crippen LogP) is 4.41. The number of hydrogen-bond acceptors (Lipinski definition) is 2. The lowest BCUT2D eigenvalue weighted by Gasteiger charge is -2.16. The first-order chi connectivity index (χ1) is 10.8. The average Bonchev–Trinajstić information content (AvgIpc) is 2.51. The molecule has 0 saturated carbocycles. The van der Waals surface area contributed by atoms with Crippen LogP contribution in [0.25, 0.3) is 0 Å². The summed E-state index contributed by atoms with van der Waals surface area (Å²) < 4.78 is 58.7. The molecule has 0 aliphatic rings. The van der Waals surface area contributed by atoms with Gasteiger partial charge in [0.05, 0.1) is 0 Å². The second-order valence-corrected chi connectivity index (χ2v) is 5.47. The van der Waals surface area contributed by atoms with Gasteiger partial charge < -0.3 is 10.1 Å². The molecule has 1 amide bonds. The fourth-order valence-corrected chi connectivity index (χ4v) is 1.93. The molecule has 0 unspecified atom stereocenters. The molecule has 1 atom stereocenters. The lowest BCUT2D eigenvalue weighted by molar-refractivity contribution is -0.122. The van der Waals surface area contributed by atoms with Crippen LogP contribution >= 0.6 is 15.9 Å². The fraction of sp³-hybridized carbons (Fsp3) is 0.133. The Balaban J connectivity index is 2.14. The zero-order valence-electron chi connectivity index (χ0n) is 11.7. The van der Waals surface area contributed by atoms with E-state index >= 15 is 0 Å². The van der Waals surface area contributed by atoms with Crippen molar-refractivity contribution in [2.45, 2.75) is 13.0 Å². The van der Waals surface area contributed by atoms with Crippen molar-refractivity contribution in [3.63, 3.8) is 0 Å². The zero-order valence-corrected chi connectivity index (χ0v) is 13.3. The molecule has 2 rings (SSSR count). The van der Waals surface area contributed by atoms with Crippen LogP contribution in [0.15, 0.2) is 34.8 Å². The van der Waals surface area contributed by atoms with E-state index in [-0.39, 0.29) is 6.07 Å². The van der Waals surface area contributed by atoms with Crippen LogP contribution in [0, 0.1) is 23.3 Å². The summed E-state index contributed by atoms with van der Waals surface area (Å²) >= 11 is 3.22. The van der Waals surface area contributed by atoms with Gasteiger partial charge in [0, 0.05) is 16.2 Å². The molecule has 0 bridgehead atoms. The first-order valence-corrected chi connectivity index (χ1v) is 7.15. The Morgan fingerprint density at radius 3 is 2.13 bits per heavy atom. The molecule has 0 spiro atoms. The Bertz CT molecular complexity index is 711. The van der Waals surface area contributed by atoms with Crippen LogP contribution in [-0.2, 0) is 4.79 Å². The SMILES string of the molecule is C[C@H](Oc1c(F)c(F)cc(F)c1F)C(=O)Nc1ccc(Br)cc1. The van der Waals surface area contributed by atoms with E-state index in [9.17, 15) is 22.4 Å². The lowest BCUT2D eigenvalue weighted by atomic mass is 10.2. The average molecular weight is 392 g/mol. The fourth-order valence-electron chi connectivity index (χ4n) is 1.66. The van der Waals surface area contributed by atoms with Gasteiger partial charge >= 0.3 is 0 Å². The van der Waals surface area contributed by atoms with E-state index < -0.39 is 41.0 Å². The van der Waals surface area contributed by atoms with E-state index in [2.05, 4.69) is 21.2 Å². The molecule has 0 aliphatic carbocycles. The minimum atomic E-state index is -1.70. The number of amides is 1. The van der Waals surface area contributed by atoms with Crippen LogP contribution in [0.1, 0.15) is 6.92 Å². The number of rotatable bonds is 4. The molecule has 0 aromatic heterocycles. The van der Waals surface area contributed by atoms with Gasteiger partial charge in [-0.3, -0.25) is 4.79 Å². The second-order valence-electron chi connectivity index (χ2n) is 4.55. The van der Waals surface area contributed by atoms with E-state index in [4.69, 9.17) is 4.74 Å². The van der Waals surface area contributed by atoms with Crippen molar-refractivity contribution in [1.82, 2.24) is 0 Å². The first kappa shape index (κ1) is 17.3. The van der Waals surface area contributed by atoms with E-state index in [0.717, 1.165) is 4.47 Å². The van der Waals surface area contributed by atoms with Gasteiger partial charge in [-0.2, -0.15) is 8.78 Å². The Morgan fingerprint density at radius 2 is 1.61 bits per heavy atom. The molecular formula is C15H10BrF4NO2. The maximum Gasteiger partial charge on any atom is 0.265 e. The van der Waals surface area contributed by atoms with Gasteiger partial charge in [-0.1, -0.05) is 15.9 Å². The standard InChI is InChI=1S/C15H10BrF4NO2/c1-7(15(22)21-9-4-2-8(16)3-5-9)23-14-12(19)10(17)6-11(18)13(14)20/h2-7H,1H3,(H,21,22)/t7-/m0/s1. The topological polar surface area (TPSA) is 38.3 Å². The quantitative estimate of drug-likeness (QED) is 0.619. The maximum absolute atomic E-state index is 13.5. The highest BCUT2D eigenvalue weighted by Gasteiger charge is 2.24. The third-order valence-electron chi connectivity index (χ3n) is 2.85. The molecule has 3 nitrogen and oxygen atoms in total. The number of ether oxygens (including phenoxy) is 1. The second kappa shape index (κ2) is 6.99. The van der Waals surface area contributed by atoms with E-state index in [0.29, 0.717) is 5.69 Å². The van der Waals surface area contributed by atoms with E-state index in [1.54, 1.807) is 24.3 Å². The summed E-state index contributed by atoms with van der Waals surface area (Å²) in [7, 11) is 0. The zero-order chi connectivity index (χ0) is 17.1. The smallest absolute Gasteiger partial charge is 0.265 e. The summed E-state index contributed by atoms with van der Waals surface area (Å²) in [5.41, 5.74) is 0.417. The van der Waals surface area contributed by atoms with E-state index in [1.165, 1.54) is 6.92 Å². The highest BCUT2D eigenvalue weighted by Crippen LogP contribution is 2.27. The summed E-state index contributed by atoms with van der Waals surface area (Å²) in [6, 6.07) is 6.56. The first-order valence-electron chi connectivity index (χ1n) is 6.35. The van der Waals surface area contributed by atoms with Crippen LogP contribution in [0.5, 0.6) is 5.75 Å². The number of carbonyl (C=O) groups is 1. The number of benzene rings is 2. The molecule has 0 saturated heterocycles. The number of hydrogen-bond donors (Lipinski definition) is 1. The molecule has 2 aromatic carbocycles. The molecule has 2 aromatic rings. The van der Waals surface area contributed by atoms with Crippen molar-refractivity contribution in [1.29, 1.82) is 0 Å². The van der Waals surface area contributed by atoms with Gasteiger partial charge in [0.15, 0.2) is 23.5 Å². The van der Waals surface area contributed by atoms with Gasteiger partial charge in [0.2, 0.25) is 11.6 Å². The molecule has 8 heteroatoms.